The van der Waals surface area contributed by atoms with Crippen LogP contribution in [0, 0.1) is 17.2 Å². The van der Waals surface area contributed by atoms with Crippen molar-refractivity contribution < 1.29 is 4.74 Å². The normalized spacial score (nSPS) is 25.6. The van der Waals surface area contributed by atoms with Gasteiger partial charge in [-0.2, -0.15) is 5.26 Å². The van der Waals surface area contributed by atoms with E-state index >= 15 is 0 Å². The molecular weight excluding hydrogens is 178 g/mol. The molecule has 4 heteroatoms. The van der Waals surface area contributed by atoms with E-state index in [1.54, 1.807) is 0 Å². The standard InChI is InChI=1S/C10H19N3O/c1-9(5-11)6-12-7-10-8-13(2)3-4-14-10/h9-10,12H,3-4,6-8H2,1-2H3. The molecule has 0 spiro atoms. The van der Waals surface area contributed by atoms with Crippen molar-refractivity contribution in [3.8, 4) is 6.07 Å². The van der Waals surface area contributed by atoms with Crippen LogP contribution in [0.15, 0.2) is 0 Å². The molecular formula is C10H19N3O. The topological polar surface area (TPSA) is 48.3 Å². The highest BCUT2D eigenvalue weighted by atomic mass is 16.5. The van der Waals surface area contributed by atoms with Gasteiger partial charge in [-0.05, 0) is 14.0 Å². The Morgan fingerprint density at radius 1 is 1.71 bits per heavy atom. The molecule has 0 radical (unpaired) electrons. The van der Waals surface area contributed by atoms with E-state index in [2.05, 4.69) is 23.3 Å². The number of nitrogens with one attached hydrogen (secondary N) is 1. The van der Waals surface area contributed by atoms with E-state index in [1.807, 2.05) is 6.92 Å². The van der Waals surface area contributed by atoms with E-state index in [1.165, 1.54) is 0 Å². The molecule has 1 rings (SSSR count). The summed E-state index contributed by atoms with van der Waals surface area (Å²) in [5, 5.41) is 11.8. The van der Waals surface area contributed by atoms with Gasteiger partial charge in [-0.1, -0.05) is 0 Å². The van der Waals surface area contributed by atoms with Gasteiger partial charge in [0.1, 0.15) is 0 Å². The summed E-state index contributed by atoms with van der Waals surface area (Å²) in [6.45, 7) is 6.33. The fraction of sp³-hybridized carbons (Fsp3) is 0.900. The first-order chi connectivity index (χ1) is 6.72. The summed E-state index contributed by atoms with van der Waals surface area (Å²) >= 11 is 0. The molecule has 0 aromatic rings. The number of ether oxygens (including phenoxy) is 1. The Labute approximate surface area is 85.8 Å². The van der Waals surface area contributed by atoms with Crippen molar-refractivity contribution in [2.24, 2.45) is 5.92 Å². The van der Waals surface area contributed by atoms with Crippen LogP contribution in [0.3, 0.4) is 0 Å². The van der Waals surface area contributed by atoms with Gasteiger partial charge in [0.05, 0.1) is 24.7 Å². The lowest BCUT2D eigenvalue weighted by molar-refractivity contribution is -0.0181. The summed E-state index contributed by atoms with van der Waals surface area (Å²) in [5.41, 5.74) is 0. The van der Waals surface area contributed by atoms with Crippen molar-refractivity contribution in [2.45, 2.75) is 13.0 Å². The Hall–Kier alpha value is -0.630. The molecule has 1 saturated heterocycles. The van der Waals surface area contributed by atoms with Crippen LogP contribution in [0.1, 0.15) is 6.92 Å². The monoisotopic (exact) mass is 197 g/mol. The first-order valence-corrected chi connectivity index (χ1v) is 5.13. The lowest BCUT2D eigenvalue weighted by Gasteiger charge is -2.30. The first-order valence-electron chi connectivity index (χ1n) is 5.13. The van der Waals surface area contributed by atoms with Crippen LogP contribution in [-0.4, -0.2) is 50.8 Å². The third-order valence-corrected chi connectivity index (χ3v) is 2.38. The molecule has 4 nitrogen and oxygen atoms in total. The van der Waals surface area contributed by atoms with Gasteiger partial charge in [-0.25, -0.2) is 0 Å². The molecule has 1 heterocycles. The van der Waals surface area contributed by atoms with E-state index < -0.39 is 0 Å². The number of nitriles is 1. The predicted molar refractivity (Wildman–Crippen MR) is 54.9 cm³/mol. The van der Waals surface area contributed by atoms with Gasteiger partial charge in [0.25, 0.3) is 0 Å². The molecule has 1 aliphatic heterocycles. The summed E-state index contributed by atoms with van der Waals surface area (Å²) in [4.78, 5) is 2.27. The third-order valence-electron chi connectivity index (χ3n) is 2.38. The van der Waals surface area contributed by atoms with Crippen LogP contribution in [0.2, 0.25) is 0 Å². The average Bonchev–Trinajstić information content (AvgIpc) is 2.17. The largest absolute Gasteiger partial charge is 0.374 e. The fourth-order valence-corrected chi connectivity index (χ4v) is 1.50. The van der Waals surface area contributed by atoms with E-state index in [0.29, 0.717) is 0 Å². The van der Waals surface area contributed by atoms with Crippen molar-refractivity contribution in [1.29, 1.82) is 5.26 Å². The van der Waals surface area contributed by atoms with Gasteiger partial charge in [-0.3, -0.25) is 0 Å². The SMILES string of the molecule is CC(C#N)CNCC1CN(C)CCO1. The number of rotatable bonds is 4. The summed E-state index contributed by atoms with van der Waals surface area (Å²) < 4.78 is 5.58. The second-order valence-electron chi connectivity index (χ2n) is 3.94. The van der Waals surface area contributed by atoms with Crippen molar-refractivity contribution in [2.75, 3.05) is 39.8 Å². The number of morpholine rings is 1. The van der Waals surface area contributed by atoms with Gasteiger partial charge >= 0.3 is 0 Å². The maximum absolute atomic E-state index is 8.58. The fourth-order valence-electron chi connectivity index (χ4n) is 1.50. The summed E-state index contributed by atoms with van der Waals surface area (Å²) in [6.07, 6.45) is 0.277. The van der Waals surface area contributed by atoms with Crippen molar-refractivity contribution in [1.82, 2.24) is 10.2 Å². The molecule has 14 heavy (non-hydrogen) atoms. The highest BCUT2D eigenvalue weighted by Crippen LogP contribution is 2.01. The Morgan fingerprint density at radius 2 is 2.50 bits per heavy atom. The molecule has 0 aromatic carbocycles. The molecule has 1 fully saturated rings. The van der Waals surface area contributed by atoms with Crippen molar-refractivity contribution in [3.05, 3.63) is 0 Å². The second kappa shape index (κ2) is 5.97. The Balaban J connectivity index is 2.09. The first kappa shape index (κ1) is 11.4. The van der Waals surface area contributed by atoms with Crippen LogP contribution in [0.25, 0.3) is 0 Å². The Morgan fingerprint density at radius 3 is 3.14 bits per heavy atom. The molecule has 2 atom stereocenters. The molecule has 0 bridgehead atoms. The van der Waals surface area contributed by atoms with E-state index in [4.69, 9.17) is 10.00 Å². The highest BCUT2D eigenvalue weighted by molar-refractivity contribution is 4.81. The van der Waals surface area contributed by atoms with Crippen molar-refractivity contribution >= 4 is 0 Å². The maximum atomic E-state index is 8.58. The lowest BCUT2D eigenvalue weighted by Crippen LogP contribution is -2.45. The third kappa shape index (κ3) is 4.05. The zero-order valence-corrected chi connectivity index (χ0v) is 8.99. The van der Waals surface area contributed by atoms with E-state index in [-0.39, 0.29) is 12.0 Å². The Kier molecular flexibility index (Phi) is 4.88. The van der Waals surface area contributed by atoms with Gasteiger partial charge in [0, 0.05) is 26.2 Å². The molecule has 0 aromatic heterocycles. The molecule has 0 saturated carbocycles. The molecule has 80 valence electrons. The molecule has 1 N–H and O–H groups in total. The minimum atomic E-state index is 0.0799. The average molecular weight is 197 g/mol. The number of nitrogens with zero attached hydrogens (tertiary/aromatic N) is 2. The Bertz CT molecular complexity index is 202. The minimum Gasteiger partial charge on any atom is -0.374 e. The summed E-state index contributed by atoms with van der Waals surface area (Å²) in [5.74, 6) is 0.0799. The van der Waals surface area contributed by atoms with Gasteiger partial charge in [0.2, 0.25) is 0 Å². The minimum absolute atomic E-state index is 0.0799. The quantitative estimate of drug-likeness (QED) is 0.692. The molecule has 0 amide bonds. The van der Waals surface area contributed by atoms with Crippen LogP contribution in [0.4, 0.5) is 0 Å². The maximum Gasteiger partial charge on any atom is 0.0826 e. The van der Waals surface area contributed by atoms with Gasteiger partial charge in [-0.15, -0.1) is 0 Å². The molecule has 1 aliphatic rings. The van der Waals surface area contributed by atoms with Crippen LogP contribution in [0.5, 0.6) is 0 Å². The lowest BCUT2D eigenvalue weighted by atomic mass is 10.2. The molecule has 0 aliphatic carbocycles. The number of hydrogen-bond acceptors (Lipinski definition) is 4. The summed E-state index contributed by atoms with van der Waals surface area (Å²) in [7, 11) is 2.10. The number of hydrogen-bond donors (Lipinski definition) is 1. The van der Waals surface area contributed by atoms with E-state index in [0.717, 1.165) is 32.8 Å². The highest BCUT2D eigenvalue weighted by Gasteiger charge is 2.16. The van der Waals surface area contributed by atoms with Crippen molar-refractivity contribution in [3.63, 3.8) is 0 Å². The summed E-state index contributed by atoms with van der Waals surface area (Å²) in [6, 6.07) is 2.20. The second-order valence-corrected chi connectivity index (χ2v) is 3.94. The molecule has 2 unspecified atom stereocenters. The van der Waals surface area contributed by atoms with E-state index in [9.17, 15) is 0 Å². The smallest absolute Gasteiger partial charge is 0.0826 e. The zero-order chi connectivity index (χ0) is 10.4. The zero-order valence-electron chi connectivity index (χ0n) is 8.99. The van der Waals surface area contributed by atoms with Crippen LogP contribution >= 0.6 is 0 Å². The van der Waals surface area contributed by atoms with Crippen LogP contribution < -0.4 is 5.32 Å². The van der Waals surface area contributed by atoms with Crippen LogP contribution in [-0.2, 0) is 4.74 Å². The predicted octanol–water partition coefficient (Wildman–Crippen LogP) is 0.0663. The number of likely N-dealkylation sites (N-methyl/N-ethyl adjacent to an activating group) is 1. The van der Waals surface area contributed by atoms with Gasteiger partial charge in [0.15, 0.2) is 0 Å². The van der Waals surface area contributed by atoms with Gasteiger partial charge < -0.3 is 15.0 Å².